The van der Waals surface area contributed by atoms with E-state index in [0.717, 1.165) is 37.4 Å². The van der Waals surface area contributed by atoms with Crippen LogP contribution in [0.2, 0.25) is 0 Å². The summed E-state index contributed by atoms with van der Waals surface area (Å²) in [6.45, 7) is 5.03. The molecule has 1 fully saturated rings. The minimum Gasteiger partial charge on any atom is -0.497 e. The number of β-amino-alcohol motifs (C(OH)–C–C–N with tert-alkyl or cyclic N) is 1. The van der Waals surface area contributed by atoms with Gasteiger partial charge in [-0.15, -0.1) is 0 Å². The number of hydrogen-bond donors (Lipinski definition) is 2. The molecule has 0 bridgehead atoms. The Balaban J connectivity index is 1.75. The predicted molar refractivity (Wildman–Crippen MR) is 120 cm³/mol. The smallest absolute Gasteiger partial charge is 0.251 e. The number of likely N-dealkylation sites (N-methyl/N-ethyl adjacent to an activating group) is 1. The molecule has 1 heterocycles. The lowest BCUT2D eigenvalue weighted by Gasteiger charge is -2.33. The molecule has 2 aromatic carbocycles. The highest BCUT2D eigenvalue weighted by Gasteiger charge is 2.29. The highest BCUT2D eigenvalue weighted by Crippen LogP contribution is 2.29. The maximum Gasteiger partial charge on any atom is 0.251 e. The van der Waals surface area contributed by atoms with E-state index in [2.05, 4.69) is 34.3 Å². The van der Waals surface area contributed by atoms with E-state index in [1.54, 1.807) is 7.11 Å². The van der Waals surface area contributed by atoms with Crippen LogP contribution in [0.5, 0.6) is 5.75 Å². The van der Waals surface area contributed by atoms with Crippen LogP contribution in [0.25, 0.3) is 0 Å². The van der Waals surface area contributed by atoms with E-state index in [1.807, 2.05) is 43.3 Å². The summed E-state index contributed by atoms with van der Waals surface area (Å²) >= 11 is 0. The summed E-state index contributed by atoms with van der Waals surface area (Å²) in [6, 6.07) is 16.0. The van der Waals surface area contributed by atoms with Gasteiger partial charge >= 0.3 is 0 Å². The summed E-state index contributed by atoms with van der Waals surface area (Å²) in [4.78, 5) is 16.7. The summed E-state index contributed by atoms with van der Waals surface area (Å²) in [5, 5.41) is 13.0. The lowest BCUT2D eigenvalue weighted by molar-refractivity contribution is 0.0953. The fourth-order valence-corrected chi connectivity index (χ4v) is 3.90. The number of nitrogens with zero attached hydrogens (tertiary/aromatic N) is 2. The second-order valence-electron chi connectivity index (χ2n) is 7.91. The molecule has 0 radical (unpaired) electrons. The fraction of sp³-hybridized carbons (Fsp3) is 0.458. The molecule has 2 N–H and O–H groups in total. The first-order valence-corrected chi connectivity index (χ1v) is 10.7. The molecular weight excluding hydrogens is 378 g/mol. The fourth-order valence-electron chi connectivity index (χ4n) is 3.90. The first-order chi connectivity index (χ1) is 14.5. The molecule has 2 atom stereocenters. The number of aliphatic hydroxyl groups is 1. The molecule has 1 unspecified atom stereocenters. The Morgan fingerprint density at radius 3 is 2.70 bits per heavy atom. The maximum atomic E-state index is 12.1. The summed E-state index contributed by atoms with van der Waals surface area (Å²) in [5.74, 6) is 0.800. The molecule has 1 aliphatic rings. The Kier molecular flexibility index (Phi) is 7.71. The number of methoxy groups -OCH3 is 1. The van der Waals surface area contributed by atoms with Crippen LogP contribution >= 0.6 is 0 Å². The highest BCUT2D eigenvalue weighted by atomic mass is 16.5. The highest BCUT2D eigenvalue weighted by molar-refractivity contribution is 5.94. The topological polar surface area (TPSA) is 65.0 Å². The molecule has 1 saturated heterocycles. The molecule has 6 nitrogen and oxygen atoms in total. The number of anilines is 1. The van der Waals surface area contributed by atoms with Crippen molar-refractivity contribution >= 4 is 11.6 Å². The van der Waals surface area contributed by atoms with Crippen molar-refractivity contribution in [1.29, 1.82) is 0 Å². The number of nitrogens with one attached hydrogen (secondary N) is 1. The Morgan fingerprint density at radius 1 is 1.30 bits per heavy atom. The number of amides is 1. The van der Waals surface area contributed by atoms with Crippen LogP contribution in [0, 0.1) is 0 Å². The van der Waals surface area contributed by atoms with Crippen molar-refractivity contribution in [3.05, 3.63) is 59.7 Å². The van der Waals surface area contributed by atoms with E-state index in [-0.39, 0.29) is 18.1 Å². The molecule has 0 saturated carbocycles. The molecule has 0 aromatic heterocycles. The van der Waals surface area contributed by atoms with Crippen LogP contribution in [-0.4, -0.2) is 62.4 Å². The molecule has 2 aromatic rings. The average molecular weight is 412 g/mol. The number of carbonyl (C=O) groups is 1. The third-order valence-corrected chi connectivity index (χ3v) is 5.67. The van der Waals surface area contributed by atoms with Gasteiger partial charge in [-0.1, -0.05) is 19.1 Å². The van der Waals surface area contributed by atoms with Crippen molar-refractivity contribution < 1.29 is 14.6 Å². The molecule has 0 spiro atoms. The SMILES string of the molecule is CCCNC(=O)c1ccc(N(C)CC(c2cccc(OC)c2)N2CC[C@H](O)C2)cc1. The van der Waals surface area contributed by atoms with Crippen LogP contribution in [0.15, 0.2) is 48.5 Å². The monoisotopic (exact) mass is 411 g/mol. The number of carbonyl (C=O) groups excluding carboxylic acids is 1. The van der Waals surface area contributed by atoms with Gasteiger partial charge in [0.1, 0.15) is 5.75 Å². The third-order valence-electron chi connectivity index (χ3n) is 5.67. The first-order valence-electron chi connectivity index (χ1n) is 10.7. The van der Waals surface area contributed by atoms with Crippen molar-refractivity contribution in [2.45, 2.75) is 31.9 Å². The Bertz CT molecular complexity index is 825. The number of hydrogen-bond acceptors (Lipinski definition) is 5. The van der Waals surface area contributed by atoms with E-state index in [9.17, 15) is 9.90 Å². The normalized spacial score (nSPS) is 17.5. The van der Waals surface area contributed by atoms with Gasteiger partial charge < -0.3 is 20.1 Å². The van der Waals surface area contributed by atoms with E-state index < -0.39 is 0 Å². The van der Waals surface area contributed by atoms with Crippen molar-refractivity contribution in [3.63, 3.8) is 0 Å². The van der Waals surface area contributed by atoms with Crippen molar-refractivity contribution in [1.82, 2.24) is 10.2 Å². The lowest BCUT2D eigenvalue weighted by atomic mass is 10.0. The molecule has 0 aliphatic carbocycles. The van der Waals surface area contributed by atoms with Crippen LogP contribution in [0.4, 0.5) is 5.69 Å². The van der Waals surface area contributed by atoms with Gasteiger partial charge in [0.2, 0.25) is 0 Å². The van der Waals surface area contributed by atoms with Crippen molar-refractivity contribution in [3.8, 4) is 5.75 Å². The third kappa shape index (κ3) is 5.52. The number of benzene rings is 2. The zero-order valence-electron chi connectivity index (χ0n) is 18.2. The Morgan fingerprint density at radius 2 is 2.07 bits per heavy atom. The molecule has 6 heteroatoms. The van der Waals surface area contributed by atoms with Crippen molar-refractivity contribution in [2.75, 3.05) is 45.2 Å². The van der Waals surface area contributed by atoms with Crippen molar-refractivity contribution in [2.24, 2.45) is 0 Å². The van der Waals surface area contributed by atoms with E-state index in [4.69, 9.17) is 4.74 Å². The van der Waals surface area contributed by atoms with Gasteiger partial charge in [0.25, 0.3) is 5.91 Å². The van der Waals surface area contributed by atoms with Crippen LogP contribution in [0.3, 0.4) is 0 Å². The van der Waals surface area contributed by atoms with Gasteiger partial charge in [-0.05, 0) is 54.8 Å². The number of aliphatic hydroxyl groups excluding tert-OH is 1. The summed E-state index contributed by atoms with van der Waals surface area (Å²) in [7, 11) is 3.74. The molecule has 1 aliphatic heterocycles. The van der Waals surface area contributed by atoms with Crippen LogP contribution in [0.1, 0.15) is 41.7 Å². The standard InChI is InChI=1S/C24H33N3O3/c1-4-13-25-24(29)18-8-10-20(11-9-18)26(2)17-23(27-14-12-21(28)16-27)19-6-5-7-22(15-19)30-3/h5-11,15,21,23,28H,4,12-14,16-17H2,1-3H3,(H,25,29)/t21-,23?/m0/s1. The summed E-state index contributed by atoms with van der Waals surface area (Å²) in [5.41, 5.74) is 2.90. The molecule has 3 rings (SSSR count). The first kappa shape index (κ1) is 22.1. The Hall–Kier alpha value is -2.57. The summed E-state index contributed by atoms with van der Waals surface area (Å²) in [6.07, 6.45) is 1.44. The second kappa shape index (κ2) is 10.5. The van der Waals surface area contributed by atoms with Gasteiger partial charge in [0, 0.05) is 44.5 Å². The zero-order valence-corrected chi connectivity index (χ0v) is 18.2. The van der Waals surface area contributed by atoms with Gasteiger partial charge in [0.05, 0.1) is 19.3 Å². The predicted octanol–water partition coefficient (Wildman–Crippen LogP) is 3.08. The van der Waals surface area contributed by atoms with Gasteiger partial charge in [-0.3, -0.25) is 9.69 Å². The van der Waals surface area contributed by atoms with Crippen LogP contribution < -0.4 is 15.0 Å². The quantitative estimate of drug-likeness (QED) is 0.664. The molecule has 1 amide bonds. The van der Waals surface area contributed by atoms with E-state index in [1.165, 1.54) is 5.56 Å². The van der Waals surface area contributed by atoms with Gasteiger partial charge in [0.15, 0.2) is 0 Å². The van der Waals surface area contributed by atoms with Crippen LogP contribution in [-0.2, 0) is 0 Å². The Labute approximate surface area is 179 Å². The van der Waals surface area contributed by atoms with Gasteiger partial charge in [-0.25, -0.2) is 0 Å². The number of likely N-dealkylation sites (tertiary alicyclic amines) is 1. The van der Waals surface area contributed by atoms with E-state index >= 15 is 0 Å². The molecule has 30 heavy (non-hydrogen) atoms. The second-order valence-corrected chi connectivity index (χ2v) is 7.91. The zero-order chi connectivity index (χ0) is 21.5. The minimum atomic E-state index is -0.274. The number of ether oxygens (including phenoxy) is 1. The lowest BCUT2D eigenvalue weighted by Crippen LogP contribution is -2.36. The average Bonchev–Trinajstić information content (AvgIpc) is 3.21. The minimum absolute atomic E-state index is 0.0358. The number of rotatable bonds is 9. The maximum absolute atomic E-state index is 12.1. The van der Waals surface area contributed by atoms with E-state index in [0.29, 0.717) is 18.7 Å². The molecular formula is C24H33N3O3. The summed E-state index contributed by atoms with van der Waals surface area (Å²) < 4.78 is 5.42. The largest absolute Gasteiger partial charge is 0.497 e. The molecule has 162 valence electrons. The van der Waals surface area contributed by atoms with Gasteiger partial charge in [-0.2, -0.15) is 0 Å².